The third kappa shape index (κ3) is 7.81. The highest BCUT2D eigenvalue weighted by Crippen LogP contribution is 2.14. The van der Waals surface area contributed by atoms with E-state index in [9.17, 15) is 8.78 Å². The molecule has 0 bridgehead atoms. The van der Waals surface area contributed by atoms with Gasteiger partial charge in [0.15, 0.2) is 5.96 Å². The lowest BCUT2D eigenvalue weighted by molar-refractivity contribution is 0.0818. The van der Waals surface area contributed by atoms with Crippen LogP contribution in [0.25, 0.3) is 0 Å². The van der Waals surface area contributed by atoms with Gasteiger partial charge in [-0.3, -0.25) is 4.99 Å². The number of rotatable bonds is 8. The Bertz CT molecular complexity index is 697. The van der Waals surface area contributed by atoms with Gasteiger partial charge >= 0.3 is 0 Å². The van der Waals surface area contributed by atoms with Crippen LogP contribution in [-0.4, -0.2) is 31.0 Å². The van der Waals surface area contributed by atoms with Gasteiger partial charge in [-0.1, -0.05) is 19.1 Å². The number of aliphatic imine (C=N–C) groups is 1. The Morgan fingerprint density at radius 2 is 2.08 bits per heavy atom. The van der Waals surface area contributed by atoms with Crippen molar-refractivity contribution in [3.63, 3.8) is 0 Å². The van der Waals surface area contributed by atoms with E-state index in [1.54, 1.807) is 36.6 Å². The summed E-state index contributed by atoms with van der Waals surface area (Å²) < 4.78 is 29.4. The van der Waals surface area contributed by atoms with Crippen LogP contribution >= 0.6 is 35.3 Å². The number of guanidine groups is 1. The number of halogens is 3. The van der Waals surface area contributed by atoms with Gasteiger partial charge in [-0.15, -0.1) is 35.3 Å². The van der Waals surface area contributed by atoms with Gasteiger partial charge < -0.3 is 15.4 Å². The summed E-state index contributed by atoms with van der Waals surface area (Å²) in [6.45, 7) is 2.60. The van der Waals surface area contributed by atoms with Crippen molar-refractivity contribution in [3.05, 3.63) is 45.9 Å². The number of nitrogens with one attached hydrogen (secondary N) is 2. The first-order valence-corrected chi connectivity index (χ1v) is 8.80. The maximum Gasteiger partial charge on any atom is 0.272 e. The second kappa shape index (κ2) is 12.0. The van der Waals surface area contributed by atoms with Crippen LogP contribution < -0.4 is 15.4 Å². The Labute approximate surface area is 173 Å². The molecule has 1 heterocycles. The Hall–Kier alpha value is -1.49. The van der Waals surface area contributed by atoms with Crippen LogP contribution in [0.2, 0.25) is 0 Å². The van der Waals surface area contributed by atoms with Gasteiger partial charge in [-0.2, -0.15) is 0 Å². The molecule has 0 saturated carbocycles. The van der Waals surface area contributed by atoms with Crippen molar-refractivity contribution in [2.45, 2.75) is 32.9 Å². The Morgan fingerprint density at radius 1 is 1.31 bits per heavy atom. The van der Waals surface area contributed by atoms with E-state index in [1.807, 2.05) is 12.3 Å². The zero-order valence-electron chi connectivity index (χ0n) is 14.7. The molecule has 2 N–H and O–H groups in total. The van der Waals surface area contributed by atoms with Crippen molar-refractivity contribution in [2.75, 3.05) is 13.7 Å². The van der Waals surface area contributed by atoms with Crippen molar-refractivity contribution in [1.29, 1.82) is 0 Å². The van der Waals surface area contributed by atoms with Gasteiger partial charge in [0.1, 0.15) is 17.4 Å². The predicted molar refractivity (Wildman–Crippen MR) is 112 cm³/mol. The maximum absolute atomic E-state index is 12.2. The van der Waals surface area contributed by atoms with E-state index < -0.39 is 13.0 Å². The SMILES string of the molecule is CCc1cnc(CNC(=NC)NCc2cccc(OCC(F)F)c2)s1.I. The minimum atomic E-state index is -2.48. The minimum Gasteiger partial charge on any atom is -0.488 e. The number of aromatic nitrogens is 1. The molecule has 0 radical (unpaired) electrons. The molecular formula is C17H23F2IN4OS. The van der Waals surface area contributed by atoms with E-state index in [0.717, 1.165) is 17.0 Å². The first kappa shape index (κ1) is 22.6. The number of ether oxygens (including phenoxy) is 1. The fourth-order valence-electron chi connectivity index (χ4n) is 2.06. The summed E-state index contributed by atoms with van der Waals surface area (Å²) in [6.07, 6.45) is 0.390. The Kier molecular flexibility index (Phi) is 10.4. The number of benzene rings is 1. The molecule has 144 valence electrons. The Morgan fingerprint density at radius 3 is 2.73 bits per heavy atom. The highest BCUT2D eigenvalue weighted by atomic mass is 127. The van der Waals surface area contributed by atoms with E-state index >= 15 is 0 Å². The summed E-state index contributed by atoms with van der Waals surface area (Å²) in [5, 5.41) is 7.39. The van der Waals surface area contributed by atoms with Crippen molar-refractivity contribution < 1.29 is 13.5 Å². The minimum absolute atomic E-state index is 0. The van der Waals surface area contributed by atoms with Crippen LogP contribution in [0.1, 0.15) is 22.4 Å². The van der Waals surface area contributed by atoms with Crippen LogP contribution in [0.5, 0.6) is 5.75 Å². The molecule has 0 aliphatic carbocycles. The Balaban J connectivity index is 0.00000338. The van der Waals surface area contributed by atoms with Crippen LogP contribution in [0.3, 0.4) is 0 Å². The molecule has 0 atom stereocenters. The molecule has 0 saturated heterocycles. The van der Waals surface area contributed by atoms with E-state index in [0.29, 0.717) is 24.8 Å². The van der Waals surface area contributed by atoms with Crippen molar-refractivity contribution in [3.8, 4) is 5.75 Å². The molecule has 5 nitrogen and oxygen atoms in total. The van der Waals surface area contributed by atoms with Crippen LogP contribution in [0.4, 0.5) is 8.78 Å². The molecule has 1 aromatic heterocycles. The number of alkyl halides is 2. The largest absolute Gasteiger partial charge is 0.488 e. The van der Waals surface area contributed by atoms with Gasteiger partial charge in [-0.05, 0) is 24.1 Å². The summed E-state index contributed by atoms with van der Waals surface area (Å²) in [7, 11) is 1.69. The quantitative estimate of drug-likeness (QED) is 0.332. The summed E-state index contributed by atoms with van der Waals surface area (Å²) >= 11 is 1.68. The fraction of sp³-hybridized carbons (Fsp3) is 0.412. The van der Waals surface area contributed by atoms with Gasteiger partial charge in [0.25, 0.3) is 6.43 Å². The zero-order valence-corrected chi connectivity index (χ0v) is 17.8. The molecule has 0 unspecified atom stereocenters. The average Bonchev–Trinajstić information content (AvgIpc) is 3.08. The third-order valence-electron chi connectivity index (χ3n) is 3.31. The highest BCUT2D eigenvalue weighted by molar-refractivity contribution is 14.0. The number of hydrogen-bond acceptors (Lipinski definition) is 4. The van der Waals surface area contributed by atoms with E-state index in [4.69, 9.17) is 4.74 Å². The number of nitrogens with zero attached hydrogens (tertiary/aromatic N) is 2. The van der Waals surface area contributed by atoms with Crippen LogP contribution in [0.15, 0.2) is 35.5 Å². The summed E-state index contributed by atoms with van der Waals surface area (Å²) in [6, 6.07) is 7.06. The average molecular weight is 496 g/mol. The lowest BCUT2D eigenvalue weighted by Gasteiger charge is -2.12. The normalized spacial score (nSPS) is 11.2. The summed E-state index contributed by atoms with van der Waals surface area (Å²) in [5.41, 5.74) is 0.914. The number of aryl methyl sites for hydroxylation is 1. The van der Waals surface area contributed by atoms with Crippen molar-refractivity contribution in [2.24, 2.45) is 4.99 Å². The molecular weight excluding hydrogens is 473 g/mol. The molecule has 0 aliphatic heterocycles. The number of hydrogen-bond donors (Lipinski definition) is 2. The topological polar surface area (TPSA) is 58.5 Å². The van der Waals surface area contributed by atoms with Gasteiger partial charge in [0.05, 0.1) is 6.54 Å². The molecule has 2 aromatic rings. The smallest absolute Gasteiger partial charge is 0.272 e. The van der Waals surface area contributed by atoms with E-state index in [-0.39, 0.29) is 24.0 Å². The molecule has 1 aromatic carbocycles. The first-order chi connectivity index (χ1) is 12.1. The van der Waals surface area contributed by atoms with E-state index in [1.165, 1.54) is 4.88 Å². The van der Waals surface area contributed by atoms with Crippen LogP contribution in [0, 0.1) is 0 Å². The first-order valence-electron chi connectivity index (χ1n) is 7.98. The number of thiazole rings is 1. The van der Waals surface area contributed by atoms with Gasteiger partial charge in [-0.25, -0.2) is 13.8 Å². The standard InChI is InChI=1S/C17H22F2N4OS.HI/c1-3-14-9-21-16(25-14)10-23-17(20-2)22-8-12-5-4-6-13(7-12)24-11-15(18)19;/h4-7,9,15H,3,8,10-11H2,1-2H3,(H2,20,22,23);1H. The molecule has 9 heteroatoms. The monoisotopic (exact) mass is 496 g/mol. The fourth-order valence-corrected chi connectivity index (χ4v) is 2.87. The molecule has 0 aliphatic rings. The van der Waals surface area contributed by atoms with Gasteiger partial charge in [0, 0.05) is 24.7 Å². The van der Waals surface area contributed by atoms with Crippen molar-refractivity contribution in [1.82, 2.24) is 15.6 Å². The summed E-state index contributed by atoms with van der Waals surface area (Å²) in [4.78, 5) is 9.77. The highest BCUT2D eigenvalue weighted by Gasteiger charge is 2.05. The van der Waals surface area contributed by atoms with E-state index in [2.05, 4.69) is 27.5 Å². The molecule has 0 fully saturated rings. The zero-order chi connectivity index (χ0) is 18.1. The second-order valence-electron chi connectivity index (χ2n) is 5.20. The molecule has 0 spiro atoms. The van der Waals surface area contributed by atoms with Crippen LogP contribution in [-0.2, 0) is 19.5 Å². The predicted octanol–water partition coefficient (Wildman–Crippen LogP) is 3.83. The lowest BCUT2D eigenvalue weighted by Crippen LogP contribution is -2.36. The third-order valence-corrected chi connectivity index (χ3v) is 4.46. The maximum atomic E-state index is 12.2. The molecule has 0 amide bonds. The van der Waals surface area contributed by atoms with Gasteiger partial charge in [0.2, 0.25) is 0 Å². The summed E-state index contributed by atoms with van der Waals surface area (Å²) in [5.74, 6) is 1.07. The molecule has 2 rings (SSSR count). The molecule has 26 heavy (non-hydrogen) atoms. The lowest BCUT2D eigenvalue weighted by atomic mass is 10.2. The second-order valence-corrected chi connectivity index (χ2v) is 6.40. The van der Waals surface area contributed by atoms with Crippen molar-refractivity contribution >= 4 is 41.3 Å².